The molecule has 0 radical (unpaired) electrons. The van der Waals surface area contributed by atoms with Crippen LogP contribution in [-0.4, -0.2) is 35.6 Å². The predicted molar refractivity (Wildman–Crippen MR) is 84.1 cm³/mol. The lowest BCUT2D eigenvalue weighted by Gasteiger charge is -2.22. The Hall–Kier alpha value is -1.26. The molecule has 0 heterocycles. The summed E-state index contributed by atoms with van der Waals surface area (Å²) < 4.78 is 11.2. The largest absolute Gasteiger partial charge is 0.494 e. The number of aliphatic hydroxyl groups is 2. The number of rotatable bonds is 9. The standard InChI is InChI=1S/C17H28O4/c1-5-15(18)16(19)10-12(4)14-11-13(20-6-2)8-9-17(14)21-7-3/h8-9,11-12,15-16,18-19H,5-7,10H2,1-4H3. The minimum Gasteiger partial charge on any atom is -0.494 e. The van der Waals surface area contributed by atoms with E-state index >= 15 is 0 Å². The average molecular weight is 296 g/mol. The molecule has 0 aliphatic rings. The van der Waals surface area contributed by atoms with Crippen molar-refractivity contribution in [1.82, 2.24) is 0 Å². The summed E-state index contributed by atoms with van der Waals surface area (Å²) in [6.45, 7) is 8.98. The van der Waals surface area contributed by atoms with Crippen molar-refractivity contribution in [2.24, 2.45) is 0 Å². The maximum Gasteiger partial charge on any atom is 0.123 e. The van der Waals surface area contributed by atoms with Gasteiger partial charge in [0.25, 0.3) is 0 Å². The van der Waals surface area contributed by atoms with Crippen LogP contribution in [0.3, 0.4) is 0 Å². The number of benzene rings is 1. The van der Waals surface area contributed by atoms with Crippen molar-refractivity contribution in [3.05, 3.63) is 23.8 Å². The number of hydrogen-bond donors (Lipinski definition) is 2. The van der Waals surface area contributed by atoms with Gasteiger partial charge < -0.3 is 19.7 Å². The minimum absolute atomic E-state index is 0.0724. The molecule has 0 spiro atoms. The fourth-order valence-electron chi connectivity index (χ4n) is 2.37. The van der Waals surface area contributed by atoms with Gasteiger partial charge in [-0.15, -0.1) is 0 Å². The van der Waals surface area contributed by atoms with Gasteiger partial charge in [0, 0.05) is 5.56 Å². The first-order valence-corrected chi connectivity index (χ1v) is 7.79. The molecule has 3 unspecified atom stereocenters. The smallest absolute Gasteiger partial charge is 0.123 e. The molecule has 4 heteroatoms. The molecule has 0 amide bonds. The Balaban J connectivity index is 2.92. The molecule has 0 aromatic heterocycles. The van der Waals surface area contributed by atoms with Gasteiger partial charge in [0.1, 0.15) is 11.5 Å². The van der Waals surface area contributed by atoms with E-state index in [1.165, 1.54) is 0 Å². The fourth-order valence-corrected chi connectivity index (χ4v) is 2.37. The Labute approximate surface area is 127 Å². The Morgan fingerprint density at radius 1 is 1.00 bits per heavy atom. The fraction of sp³-hybridized carbons (Fsp3) is 0.647. The molecular formula is C17H28O4. The third-order valence-corrected chi connectivity index (χ3v) is 3.58. The van der Waals surface area contributed by atoms with Crippen molar-refractivity contribution in [1.29, 1.82) is 0 Å². The van der Waals surface area contributed by atoms with Gasteiger partial charge in [0.2, 0.25) is 0 Å². The van der Waals surface area contributed by atoms with Crippen LogP contribution in [0.15, 0.2) is 18.2 Å². The van der Waals surface area contributed by atoms with E-state index in [0.29, 0.717) is 26.1 Å². The van der Waals surface area contributed by atoms with Crippen molar-refractivity contribution in [3.63, 3.8) is 0 Å². The van der Waals surface area contributed by atoms with Gasteiger partial charge in [-0.1, -0.05) is 13.8 Å². The summed E-state index contributed by atoms with van der Waals surface area (Å²) in [4.78, 5) is 0. The maximum absolute atomic E-state index is 10.0. The van der Waals surface area contributed by atoms with E-state index in [1.54, 1.807) is 0 Å². The van der Waals surface area contributed by atoms with Crippen molar-refractivity contribution in [2.45, 2.75) is 58.7 Å². The first-order chi connectivity index (χ1) is 10.0. The molecular weight excluding hydrogens is 268 g/mol. The molecule has 1 aromatic carbocycles. The van der Waals surface area contributed by atoms with Gasteiger partial charge in [-0.3, -0.25) is 0 Å². The van der Waals surface area contributed by atoms with Crippen LogP contribution in [0.2, 0.25) is 0 Å². The summed E-state index contributed by atoms with van der Waals surface area (Å²) >= 11 is 0. The van der Waals surface area contributed by atoms with E-state index in [-0.39, 0.29) is 5.92 Å². The zero-order valence-electron chi connectivity index (χ0n) is 13.5. The zero-order chi connectivity index (χ0) is 15.8. The van der Waals surface area contributed by atoms with E-state index in [4.69, 9.17) is 9.47 Å². The number of hydrogen-bond acceptors (Lipinski definition) is 4. The predicted octanol–water partition coefficient (Wildman–Crippen LogP) is 3.11. The van der Waals surface area contributed by atoms with Crippen molar-refractivity contribution < 1.29 is 19.7 Å². The van der Waals surface area contributed by atoms with E-state index in [0.717, 1.165) is 17.1 Å². The molecule has 21 heavy (non-hydrogen) atoms. The van der Waals surface area contributed by atoms with Gasteiger partial charge in [0.05, 0.1) is 25.4 Å². The van der Waals surface area contributed by atoms with Gasteiger partial charge in [-0.2, -0.15) is 0 Å². The highest BCUT2D eigenvalue weighted by atomic mass is 16.5. The van der Waals surface area contributed by atoms with Crippen molar-refractivity contribution in [2.75, 3.05) is 13.2 Å². The molecule has 0 fully saturated rings. The van der Waals surface area contributed by atoms with Crippen LogP contribution < -0.4 is 9.47 Å². The molecule has 0 aliphatic heterocycles. The zero-order valence-corrected chi connectivity index (χ0v) is 13.5. The SMILES string of the molecule is CCOc1ccc(OCC)c(C(C)CC(O)C(O)CC)c1. The lowest BCUT2D eigenvalue weighted by atomic mass is 9.91. The van der Waals surface area contributed by atoms with Crippen LogP contribution in [-0.2, 0) is 0 Å². The average Bonchev–Trinajstić information content (AvgIpc) is 2.48. The summed E-state index contributed by atoms with van der Waals surface area (Å²) in [5.74, 6) is 1.68. The van der Waals surface area contributed by atoms with E-state index in [1.807, 2.05) is 45.9 Å². The normalized spacial score (nSPS) is 15.3. The van der Waals surface area contributed by atoms with Crippen LogP contribution in [0.1, 0.15) is 52.0 Å². The summed E-state index contributed by atoms with van der Waals surface area (Å²) in [5.41, 5.74) is 1.00. The first-order valence-electron chi connectivity index (χ1n) is 7.79. The number of ether oxygens (including phenoxy) is 2. The molecule has 2 N–H and O–H groups in total. The van der Waals surface area contributed by atoms with Gasteiger partial charge in [-0.25, -0.2) is 0 Å². The summed E-state index contributed by atoms with van der Waals surface area (Å²) in [7, 11) is 0. The van der Waals surface area contributed by atoms with Crippen LogP contribution >= 0.6 is 0 Å². The molecule has 0 aliphatic carbocycles. The Morgan fingerprint density at radius 2 is 1.67 bits per heavy atom. The lowest BCUT2D eigenvalue weighted by molar-refractivity contribution is 0.00941. The van der Waals surface area contributed by atoms with Crippen molar-refractivity contribution in [3.8, 4) is 11.5 Å². The first kappa shape index (κ1) is 17.8. The Kier molecular flexibility index (Phi) is 7.54. The second kappa shape index (κ2) is 8.90. The highest BCUT2D eigenvalue weighted by Gasteiger charge is 2.21. The quantitative estimate of drug-likeness (QED) is 0.735. The van der Waals surface area contributed by atoms with Crippen LogP contribution in [0.25, 0.3) is 0 Å². The molecule has 0 saturated heterocycles. The molecule has 1 aromatic rings. The van der Waals surface area contributed by atoms with Gasteiger partial charge >= 0.3 is 0 Å². The third kappa shape index (κ3) is 5.21. The van der Waals surface area contributed by atoms with E-state index < -0.39 is 12.2 Å². The third-order valence-electron chi connectivity index (χ3n) is 3.58. The molecule has 120 valence electrons. The monoisotopic (exact) mass is 296 g/mol. The van der Waals surface area contributed by atoms with Crippen LogP contribution in [0.4, 0.5) is 0 Å². The molecule has 1 rings (SSSR count). The second-order valence-corrected chi connectivity index (χ2v) is 5.25. The van der Waals surface area contributed by atoms with E-state index in [2.05, 4.69) is 0 Å². The molecule has 0 bridgehead atoms. The van der Waals surface area contributed by atoms with Crippen LogP contribution in [0, 0.1) is 0 Å². The highest BCUT2D eigenvalue weighted by Crippen LogP contribution is 2.33. The van der Waals surface area contributed by atoms with Gasteiger partial charge in [-0.05, 0) is 50.8 Å². The Morgan fingerprint density at radius 3 is 2.24 bits per heavy atom. The van der Waals surface area contributed by atoms with Crippen molar-refractivity contribution >= 4 is 0 Å². The number of aliphatic hydroxyl groups excluding tert-OH is 2. The van der Waals surface area contributed by atoms with Crippen LogP contribution in [0.5, 0.6) is 11.5 Å². The van der Waals surface area contributed by atoms with E-state index in [9.17, 15) is 10.2 Å². The summed E-state index contributed by atoms with van der Waals surface area (Å²) in [5, 5.41) is 19.7. The Bertz CT molecular complexity index is 419. The molecule has 4 nitrogen and oxygen atoms in total. The maximum atomic E-state index is 10.0. The van der Waals surface area contributed by atoms with Gasteiger partial charge in [0.15, 0.2) is 0 Å². The minimum atomic E-state index is -0.727. The molecule has 3 atom stereocenters. The highest BCUT2D eigenvalue weighted by molar-refractivity contribution is 5.42. The second-order valence-electron chi connectivity index (χ2n) is 5.25. The summed E-state index contributed by atoms with van der Waals surface area (Å²) in [6.07, 6.45) is -0.371. The topological polar surface area (TPSA) is 58.9 Å². The lowest BCUT2D eigenvalue weighted by Crippen LogP contribution is -2.26. The molecule has 0 saturated carbocycles. The summed E-state index contributed by atoms with van der Waals surface area (Å²) in [6, 6.07) is 5.76.